The maximum Gasteiger partial charge on any atom is -0.00208 e. The van der Waals surface area contributed by atoms with Crippen molar-refractivity contribution in [2.24, 2.45) is 23.7 Å². The molecule has 1 aromatic rings. The van der Waals surface area contributed by atoms with Crippen LogP contribution >= 0.6 is 0 Å². The molecule has 0 bridgehead atoms. The maximum absolute atomic E-state index is 3.42. The molecule has 1 aromatic carbocycles. The van der Waals surface area contributed by atoms with Crippen LogP contribution in [-0.4, -0.2) is 13.6 Å². The summed E-state index contributed by atoms with van der Waals surface area (Å²) < 4.78 is 0. The summed E-state index contributed by atoms with van der Waals surface area (Å²) in [6.07, 6.45) is 5.76. The third-order valence-electron chi connectivity index (χ3n) is 5.39. The lowest BCUT2D eigenvalue weighted by Crippen LogP contribution is -2.32. The highest BCUT2D eigenvalue weighted by molar-refractivity contribution is 5.26. The van der Waals surface area contributed by atoms with Gasteiger partial charge in [0.1, 0.15) is 0 Å². The molecule has 0 aliphatic heterocycles. The highest BCUT2D eigenvalue weighted by atomic mass is 14.8. The Labute approximate surface area is 117 Å². The molecule has 2 saturated carbocycles. The fraction of sp³-hybridized carbons (Fsp3) is 0.667. The molecule has 0 aromatic heterocycles. The second kappa shape index (κ2) is 5.66. The summed E-state index contributed by atoms with van der Waals surface area (Å²) in [6.45, 7) is 3.66. The molecule has 0 saturated heterocycles. The topological polar surface area (TPSA) is 12.0 Å². The molecule has 2 aliphatic rings. The summed E-state index contributed by atoms with van der Waals surface area (Å²) in [7, 11) is 2.11. The van der Waals surface area contributed by atoms with Gasteiger partial charge in [-0.2, -0.15) is 0 Å². The van der Waals surface area contributed by atoms with Crippen LogP contribution in [0.15, 0.2) is 30.3 Å². The Morgan fingerprint density at radius 2 is 1.84 bits per heavy atom. The first-order valence-corrected chi connectivity index (χ1v) is 7.99. The highest BCUT2D eigenvalue weighted by Crippen LogP contribution is 2.57. The van der Waals surface area contributed by atoms with Crippen LogP contribution in [0.5, 0.6) is 0 Å². The van der Waals surface area contributed by atoms with Crippen LogP contribution in [0.25, 0.3) is 0 Å². The Bertz CT molecular complexity index is 399. The third kappa shape index (κ3) is 2.86. The van der Waals surface area contributed by atoms with Gasteiger partial charge in [-0.1, -0.05) is 43.7 Å². The molecule has 0 heterocycles. The van der Waals surface area contributed by atoms with Crippen molar-refractivity contribution in [3.63, 3.8) is 0 Å². The average molecular weight is 257 g/mol. The fourth-order valence-corrected chi connectivity index (χ4v) is 4.30. The molecule has 2 aliphatic carbocycles. The van der Waals surface area contributed by atoms with E-state index < -0.39 is 0 Å². The lowest BCUT2D eigenvalue weighted by molar-refractivity contribution is 0.163. The molecule has 3 rings (SSSR count). The Balaban J connectivity index is 1.67. The van der Waals surface area contributed by atoms with Gasteiger partial charge in [0.25, 0.3) is 0 Å². The number of rotatable bonds is 4. The van der Waals surface area contributed by atoms with E-state index in [4.69, 9.17) is 0 Å². The van der Waals surface area contributed by atoms with E-state index in [9.17, 15) is 0 Å². The highest BCUT2D eigenvalue weighted by Gasteiger charge is 2.47. The van der Waals surface area contributed by atoms with E-state index in [1.54, 1.807) is 5.56 Å². The molecule has 19 heavy (non-hydrogen) atoms. The van der Waals surface area contributed by atoms with Gasteiger partial charge in [-0.25, -0.2) is 0 Å². The van der Waals surface area contributed by atoms with Gasteiger partial charge in [0.2, 0.25) is 0 Å². The van der Waals surface area contributed by atoms with Crippen molar-refractivity contribution in [1.82, 2.24) is 5.32 Å². The predicted molar refractivity (Wildman–Crippen MR) is 81.2 cm³/mol. The van der Waals surface area contributed by atoms with Gasteiger partial charge >= 0.3 is 0 Å². The minimum atomic E-state index is 0.857. The van der Waals surface area contributed by atoms with Gasteiger partial charge in [-0.15, -0.1) is 0 Å². The summed E-state index contributed by atoms with van der Waals surface area (Å²) in [5, 5.41) is 3.42. The first kappa shape index (κ1) is 13.2. The normalized spacial score (nSPS) is 38.1. The lowest BCUT2D eigenvalue weighted by atomic mass is 9.71. The summed E-state index contributed by atoms with van der Waals surface area (Å²) in [5.74, 6) is 4.64. The molecule has 5 atom stereocenters. The minimum Gasteiger partial charge on any atom is -0.319 e. The van der Waals surface area contributed by atoms with Crippen LogP contribution in [0.4, 0.5) is 0 Å². The van der Waals surface area contributed by atoms with Gasteiger partial charge in [-0.3, -0.25) is 0 Å². The molecule has 1 heteroatoms. The van der Waals surface area contributed by atoms with Crippen molar-refractivity contribution >= 4 is 0 Å². The summed E-state index contributed by atoms with van der Waals surface area (Å²) in [4.78, 5) is 0. The van der Waals surface area contributed by atoms with Crippen LogP contribution in [0.2, 0.25) is 0 Å². The van der Waals surface area contributed by atoms with Crippen LogP contribution in [0, 0.1) is 23.7 Å². The molecule has 1 nitrogen and oxygen atoms in total. The molecule has 0 amide bonds. The largest absolute Gasteiger partial charge is 0.319 e. The van der Waals surface area contributed by atoms with Gasteiger partial charge in [-0.05, 0) is 68.0 Å². The van der Waals surface area contributed by atoms with Crippen molar-refractivity contribution < 1.29 is 0 Å². The summed E-state index contributed by atoms with van der Waals surface area (Å²) in [5.41, 5.74) is 1.58. The van der Waals surface area contributed by atoms with Crippen LogP contribution in [0.1, 0.15) is 44.1 Å². The Kier molecular flexibility index (Phi) is 3.93. The van der Waals surface area contributed by atoms with Crippen LogP contribution in [0.3, 0.4) is 0 Å². The van der Waals surface area contributed by atoms with Gasteiger partial charge in [0, 0.05) is 0 Å². The number of nitrogens with one attached hydrogen (secondary N) is 1. The van der Waals surface area contributed by atoms with Crippen LogP contribution in [-0.2, 0) is 0 Å². The smallest absolute Gasteiger partial charge is 0.00208 e. The van der Waals surface area contributed by atoms with Gasteiger partial charge in [0.05, 0.1) is 0 Å². The van der Waals surface area contributed by atoms with Crippen molar-refractivity contribution in [3.8, 4) is 0 Å². The number of benzene rings is 1. The predicted octanol–water partition coefficient (Wildman–Crippen LogP) is 4.06. The number of hydrogen-bond acceptors (Lipinski definition) is 1. The number of hydrogen-bond donors (Lipinski definition) is 1. The van der Waals surface area contributed by atoms with E-state index in [-0.39, 0.29) is 0 Å². The molecule has 104 valence electrons. The molecular weight excluding hydrogens is 230 g/mol. The maximum atomic E-state index is 3.42. The van der Waals surface area contributed by atoms with Crippen molar-refractivity contribution in [2.75, 3.05) is 13.6 Å². The van der Waals surface area contributed by atoms with E-state index in [1.807, 2.05) is 0 Å². The second-order valence-electron chi connectivity index (χ2n) is 6.82. The molecule has 2 fully saturated rings. The van der Waals surface area contributed by atoms with E-state index in [1.165, 1.54) is 32.2 Å². The fourth-order valence-electron chi connectivity index (χ4n) is 4.30. The SMILES string of the molecule is CNCC1CCC(C)CC1C1CC1c1ccccc1. The zero-order valence-corrected chi connectivity index (χ0v) is 12.3. The Morgan fingerprint density at radius 3 is 2.58 bits per heavy atom. The molecule has 0 spiro atoms. The Hall–Kier alpha value is -0.820. The third-order valence-corrected chi connectivity index (χ3v) is 5.39. The molecule has 1 N–H and O–H groups in total. The lowest BCUT2D eigenvalue weighted by Gasteiger charge is -2.35. The summed E-state index contributed by atoms with van der Waals surface area (Å²) >= 11 is 0. The van der Waals surface area contributed by atoms with E-state index in [0.29, 0.717) is 0 Å². The zero-order valence-electron chi connectivity index (χ0n) is 12.3. The van der Waals surface area contributed by atoms with Crippen LogP contribution < -0.4 is 5.32 Å². The average Bonchev–Trinajstić information content (AvgIpc) is 3.22. The molecule has 5 unspecified atom stereocenters. The second-order valence-corrected chi connectivity index (χ2v) is 6.82. The van der Waals surface area contributed by atoms with E-state index in [2.05, 4.69) is 49.6 Å². The van der Waals surface area contributed by atoms with Crippen molar-refractivity contribution in [1.29, 1.82) is 0 Å². The standard InChI is InChI=1S/C18H27N/c1-13-8-9-15(12-19-2)16(10-13)18-11-17(18)14-6-4-3-5-7-14/h3-7,13,15-19H,8-12H2,1-2H3. The van der Waals surface area contributed by atoms with Crippen molar-refractivity contribution in [2.45, 2.75) is 38.5 Å². The minimum absolute atomic E-state index is 0.857. The quantitative estimate of drug-likeness (QED) is 0.857. The van der Waals surface area contributed by atoms with Gasteiger partial charge < -0.3 is 5.32 Å². The molecule has 0 radical (unpaired) electrons. The van der Waals surface area contributed by atoms with Crippen molar-refractivity contribution in [3.05, 3.63) is 35.9 Å². The summed E-state index contributed by atoms with van der Waals surface area (Å²) in [6, 6.07) is 11.2. The van der Waals surface area contributed by atoms with E-state index in [0.717, 1.165) is 29.6 Å². The first-order valence-electron chi connectivity index (χ1n) is 7.99. The van der Waals surface area contributed by atoms with Gasteiger partial charge in [0.15, 0.2) is 0 Å². The first-order chi connectivity index (χ1) is 9.29. The van der Waals surface area contributed by atoms with E-state index >= 15 is 0 Å². The Morgan fingerprint density at radius 1 is 1.05 bits per heavy atom. The molecular formula is C18H27N. The zero-order chi connectivity index (χ0) is 13.2. The monoisotopic (exact) mass is 257 g/mol.